The van der Waals surface area contributed by atoms with Crippen molar-refractivity contribution in [1.29, 1.82) is 0 Å². The van der Waals surface area contributed by atoms with Crippen molar-refractivity contribution in [2.75, 3.05) is 0 Å². The zero-order valence-electron chi connectivity index (χ0n) is 8.71. The summed E-state index contributed by atoms with van der Waals surface area (Å²) in [5, 5.41) is 10.0. The van der Waals surface area contributed by atoms with Crippen LogP contribution in [0.2, 0.25) is 0 Å². The third-order valence-corrected chi connectivity index (χ3v) is 2.64. The average molecular weight is 223 g/mol. The van der Waals surface area contributed by atoms with Gasteiger partial charge >= 0.3 is 0 Å². The van der Waals surface area contributed by atoms with Crippen LogP contribution in [-0.2, 0) is 12.1 Å². The smallest absolute Gasteiger partial charge is 0.102 e. The van der Waals surface area contributed by atoms with Gasteiger partial charge in [-0.05, 0) is 13.8 Å². The van der Waals surface area contributed by atoms with Crippen molar-refractivity contribution in [2.24, 2.45) is 5.73 Å². The fourth-order valence-corrected chi connectivity index (χ4v) is 1.70. The minimum Gasteiger partial charge on any atom is -0.320 e. The Labute approximate surface area is 91.9 Å². The van der Waals surface area contributed by atoms with E-state index in [1.165, 1.54) is 0 Å². The number of thiazole rings is 1. The molecule has 6 heteroatoms. The normalized spacial score (nSPS) is 11.9. The monoisotopic (exact) mass is 223 g/mol. The average Bonchev–Trinajstić information content (AvgIpc) is 2.73. The van der Waals surface area contributed by atoms with Gasteiger partial charge in [-0.1, -0.05) is 5.21 Å². The van der Waals surface area contributed by atoms with Gasteiger partial charge in [-0.15, -0.1) is 16.4 Å². The molecule has 2 aromatic heterocycles. The summed E-state index contributed by atoms with van der Waals surface area (Å²) < 4.78 is 1.75. The van der Waals surface area contributed by atoms with Crippen LogP contribution >= 0.6 is 11.3 Å². The molecule has 0 fully saturated rings. The highest BCUT2D eigenvalue weighted by molar-refractivity contribution is 7.07. The van der Waals surface area contributed by atoms with Gasteiger partial charge in [0.1, 0.15) is 5.69 Å². The van der Waals surface area contributed by atoms with E-state index in [1.54, 1.807) is 21.5 Å². The van der Waals surface area contributed by atoms with Crippen molar-refractivity contribution >= 4 is 11.3 Å². The molecule has 0 aliphatic heterocycles. The van der Waals surface area contributed by atoms with Crippen molar-refractivity contribution in [2.45, 2.75) is 25.9 Å². The summed E-state index contributed by atoms with van der Waals surface area (Å²) in [7, 11) is 0. The molecule has 5 nitrogen and oxygen atoms in total. The molecule has 0 saturated heterocycles. The first-order chi connectivity index (χ1) is 7.05. The molecule has 0 aliphatic rings. The molecule has 0 unspecified atom stereocenters. The second kappa shape index (κ2) is 3.71. The number of nitrogens with two attached hydrogens (primary N) is 1. The molecule has 0 radical (unpaired) electrons. The molecule has 0 amide bonds. The molecule has 0 saturated carbocycles. The Kier molecular flexibility index (Phi) is 2.54. The molecule has 2 rings (SSSR count). The van der Waals surface area contributed by atoms with Crippen molar-refractivity contribution in [3.8, 4) is 0 Å². The molecule has 2 heterocycles. The van der Waals surface area contributed by atoms with E-state index < -0.39 is 5.54 Å². The second-order valence-electron chi connectivity index (χ2n) is 4.00. The first-order valence-electron chi connectivity index (χ1n) is 4.62. The van der Waals surface area contributed by atoms with Gasteiger partial charge in [-0.3, -0.25) is 0 Å². The lowest BCUT2D eigenvalue weighted by molar-refractivity contribution is 0.533. The maximum atomic E-state index is 5.91. The predicted molar refractivity (Wildman–Crippen MR) is 58.5 cm³/mol. The van der Waals surface area contributed by atoms with Crippen LogP contribution in [-0.4, -0.2) is 20.0 Å². The summed E-state index contributed by atoms with van der Waals surface area (Å²) >= 11 is 1.57. The van der Waals surface area contributed by atoms with Crippen LogP contribution < -0.4 is 5.73 Å². The van der Waals surface area contributed by atoms with Crippen molar-refractivity contribution in [3.63, 3.8) is 0 Å². The fraction of sp³-hybridized carbons (Fsp3) is 0.444. The molecular formula is C9H13N5S. The molecule has 0 atom stereocenters. The highest BCUT2D eigenvalue weighted by Crippen LogP contribution is 2.13. The molecule has 15 heavy (non-hydrogen) atoms. The van der Waals surface area contributed by atoms with Crippen molar-refractivity contribution in [3.05, 3.63) is 28.5 Å². The Morgan fingerprint density at radius 2 is 2.33 bits per heavy atom. The standard InChI is InChI=1S/C9H13N5S/c1-9(2,10)8-4-14(13-12-8)3-7-5-15-6-11-7/h4-6H,3,10H2,1-2H3. The summed E-state index contributed by atoms with van der Waals surface area (Å²) in [5.41, 5.74) is 9.06. The van der Waals surface area contributed by atoms with Gasteiger partial charge in [-0.2, -0.15) is 0 Å². The third-order valence-electron chi connectivity index (χ3n) is 2.01. The van der Waals surface area contributed by atoms with Gasteiger partial charge < -0.3 is 5.73 Å². The van der Waals surface area contributed by atoms with Crippen LogP contribution in [0.5, 0.6) is 0 Å². The first kappa shape index (κ1) is 10.3. The quantitative estimate of drug-likeness (QED) is 0.842. The lowest BCUT2D eigenvalue weighted by Crippen LogP contribution is -2.29. The molecule has 2 aromatic rings. The summed E-state index contributed by atoms with van der Waals surface area (Å²) in [6.07, 6.45) is 1.86. The fourth-order valence-electron chi connectivity index (χ4n) is 1.15. The molecule has 0 aromatic carbocycles. The van der Waals surface area contributed by atoms with Gasteiger partial charge in [-0.25, -0.2) is 9.67 Å². The van der Waals surface area contributed by atoms with Crippen LogP contribution in [0.1, 0.15) is 25.2 Å². The number of hydrogen-bond donors (Lipinski definition) is 1. The summed E-state index contributed by atoms with van der Waals surface area (Å²) in [6.45, 7) is 4.46. The lowest BCUT2D eigenvalue weighted by Gasteiger charge is -2.13. The molecule has 80 valence electrons. The van der Waals surface area contributed by atoms with E-state index in [0.29, 0.717) is 6.54 Å². The van der Waals surface area contributed by atoms with E-state index in [9.17, 15) is 0 Å². The maximum absolute atomic E-state index is 5.91. The van der Waals surface area contributed by atoms with Gasteiger partial charge in [0.2, 0.25) is 0 Å². The molecule has 0 spiro atoms. The largest absolute Gasteiger partial charge is 0.320 e. The predicted octanol–water partition coefficient (Wildman–Crippen LogP) is 0.977. The molecule has 2 N–H and O–H groups in total. The topological polar surface area (TPSA) is 69.6 Å². The Morgan fingerprint density at radius 1 is 1.53 bits per heavy atom. The Bertz CT molecular complexity index is 426. The SMILES string of the molecule is CC(C)(N)c1cn(Cc2cscn2)nn1. The molecule has 0 aliphatic carbocycles. The highest BCUT2D eigenvalue weighted by Gasteiger charge is 2.18. The van der Waals surface area contributed by atoms with E-state index in [4.69, 9.17) is 5.73 Å². The van der Waals surface area contributed by atoms with Gasteiger partial charge in [0, 0.05) is 5.38 Å². The van der Waals surface area contributed by atoms with Gasteiger partial charge in [0.25, 0.3) is 0 Å². The van der Waals surface area contributed by atoms with Crippen LogP contribution in [0, 0.1) is 0 Å². The first-order valence-corrected chi connectivity index (χ1v) is 5.56. The van der Waals surface area contributed by atoms with Crippen LogP contribution in [0.4, 0.5) is 0 Å². The zero-order valence-corrected chi connectivity index (χ0v) is 9.53. The zero-order chi connectivity index (χ0) is 10.9. The van der Waals surface area contributed by atoms with E-state index >= 15 is 0 Å². The number of nitrogens with zero attached hydrogens (tertiary/aromatic N) is 4. The highest BCUT2D eigenvalue weighted by atomic mass is 32.1. The minimum atomic E-state index is -0.444. The lowest BCUT2D eigenvalue weighted by atomic mass is 10.0. The van der Waals surface area contributed by atoms with Crippen LogP contribution in [0.15, 0.2) is 17.1 Å². The summed E-state index contributed by atoms with van der Waals surface area (Å²) in [6, 6.07) is 0. The van der Waals surface area contributed by atoms with Gasteiger partial charge in [0.05, 0.1) is 29.5 Å². The van der Waals surface area contributed by atoms with E-state index in [2.05, 4.69) is 15.3 Å². The third kappa shape index (κ3) is 2.40. The summed E-state index contributed by atoms with van der Waals surface area (Å²) in [5.74, 6) is 0. The van der Waals surface area contributed by atoms with Crippen molar-refractivity contribution in [1.82, 2.24) is 20.0 Å². The van der Waals surface area contributed by atoms with E-state index in [0.717, 1.165) is 11.4 Å². The second-order valence-corrected chi connectivity index (χ2v) is 4.72. The number of hydrogen-bond acceptors (Lipinski definition) is 5. The van der Waals surface area contributed by atoms with E-state index in [1.807, 2.05) is 25.4 Å². The summed E-state index contributed by atoms with van der Waals surface area (Å²) in [4.78, 5) is 4.18. The van der Waals surface area contributed by atoms with Crippen LogP contribution in [0.3, 0.4) is 0 Å². The Morgan fingerprint density at radius 3 is 2.87 bits per heavy atom. The maximum Gasteiger partial charge on any atom is 0.102 e. The minimum absolute atomic E-state index is 0.444. The Hall–Kier alpha value is -1.27. The van der Waals surface area contributed by atoms with E-state index in [-0.39, 0.29) is 0 Å². The van der Waals surface area contributed by atoms with Gasteiger partial charge in [0.15, 0.2) is 0 Å². The molecule has 0 bridgehead atoms. The van der Waals surface area contributed by atoms with Crippen LogP contribution in [0.25, 0.3) is 0 Å². The molecular weight excluding hydrogens is 210 g/mol. The number of aromatic nitrogens is 4. The Balaban J connectivity index is 2.15. The number of rotatable bonds is 3. The van der Waals surface area contributed by atoms with Crippen molar-refractivity contribution < 1.29 is 0 Å².